The number of amides is 1. The second kappa shape index (κ2) is 9.92. The number of methoxy groups -OCH3 is 1. The second-order valence-corrected chi connectivity index (χ2v) is 6.38. The van der Waals surface area contributed by atoms with Crippen LogP contribution in [0.15, 0.2) is 36.4 Å². The highest BCUT2D eigenvalue weighted by atomic mass is 16.5. The van der Waals surface area contributed by atoms with Crippen LogP contribution in [0.3, 0.4) is 0 Å². The Morgan fingerprint density at radius 2 is 1.74 bits per heavy atom. The van der Waals surface area contributed by atoms with Gasteiger partial charge >= 0.3 is 0 Å². The lowest BCUT2D eigenvalue weighted by molar-refractivity contribution is -0.120. The summed E-state index contributed by atoms with van der Waals surface area (Å²) in [6, 6.07) is 10.6. The summed E-state index contributed by atoms with van der Waals surface area (Å²) >= 11 is 0. The Bertz CT molecular complexity index is 761. The first-order valence-corrected chi connectivity index (χ1v) is 9.32. The minimum Gasteiger partial charge on any atom is -0.497 e. The monoisotopic (exact) mass is 371 g/mol. The largest absolute Gasteiger partial charge is 0.497 e. The molecule has 1 amide bonds. The molecule has 1 aromatic carbocycles. The van der Waals surface area contributed by atoms with Crippen LogP contribution < -0.4 is 10.1 Å². The van der Waals surface area contributed by atoms with Crippen LogP contribution in [0.2, 0.25) is 0 Å². The van der Waals surface area contributed by atoms with Crippen molar-refractivity contribution in [1.29, 1.82) is 0 Å². The quantitative estimate of drug-likeness (QED) is 0.651. The Kier molecular flexibility index (Phi) is 7.61. The first kappa shape index (κ1) is 20.7. The molecule has 0 aliphatic rings. The van der Waals surface area contributed by atoms with Gasteiger partial charge in [0.2, 0.25) is 11.7 Å². The van der Waals surface area contributed by atoms with E-state index in [9.17, 15) is 9.59 Å². The van der Waals surface area contributed by atoms with Crippen molar-refractivity contribution in [3.05, 3.63) is 53.3 Å². The van der Waals surface area contributed by atoms with Gasteiger partial charge in [0.25, 0.3) is 0 Å². The topological polar surface area (TPSA) is 63.6 Å². The highest BCUT2D eigenvalue weighted by Gasteiger charge is 2.16. The summed E-state index contributed by atoms with van der Waals surface area (Å²) in [5.41, 5.74) is 1.96. The summed E-state index contributed by atoms with van der Waals surface area (Å²) in [5.74, 6) is 0.598. The Hall–Kier alpha value is -2.60. The maximum absolute atomic E-state index is 12.7. The zero-order chi connectivity index (χ0) is 19.8. The fourth-order valence-electron chi connectivity index (χ4n) is 2.97. The fraction of sp³-hybridized carbons (Fsp3) is 0.429. The van der Waals surface area contributed by atoms with Gasteiger partial charge in [-0.1, -0.05) is 13.8 Å². The number of carbonyl (C=O) groups is 2. The number of rotatable bonds is 10. The SMILES string of the molecule is CCN(CC)CCNC(=O)Cc1ccc(C(=O)c2ccc(OC)cc2)n1C. The number of benzene rings is 1. The summed E-state index contributed by atoms with van der Waals surface area (Å²) in [7, 11) is 3.41. The number of ether oxygens (including phenoxy) is 1. The van der Waals surface area contributed by atoms with Crippen LogP contribution in [0, 0.1) is 0 Å². The first-order chi connectivity index (χ1) is 13.0. The van der Waals surface area contributed by atoms with Gasteiger partial charge in [0.05, 0.1) is 19.2 Å². The molecule has 2 aromatic rings. The maximum atomic E-state index is 12.7. The van der Waals surface area contributed by atoms with Crippen molar-refractivity contribution in [2.45, 2.75) is 20.3 Å². The number of carbonyl (C=O) groups excluding carboxylic acids is 2. The first-order valence-electron chi connectivity index (χ1n) is 9.32. The maximum Gasteiger partial charge on any atom is 0.225 e. The van der Waals surface area contributed by atoms with E-state index in [1.807, 2.05) is 13.1 Å². The molecular formula is C21H29N3O3. The predicted molar refractivity (Wildman–Crippen MR) is 106 cm³/mol. The van der Waals surface area contributed by atoms with Gasteiger partial charge in [-0.15, -0.1) is 0 Å². The molecule has 0 bridgehead atoms. The normalized spacial score (nSPS) is 10.9. The van der Waals surface area contributed by atoms with E-state index in [0.717, 1.165) is 25.3 Å². The molecule has 1 aromatic heterocycles. The molecule has 27 heavy (non-hydrogen) atoms. The van der Waals surface area contributed by atoms with Crippen molar-refractivity contribution in [2.24, 2.45) is 7.05 Å². The number of hydrogen-bond donors (Lipinski definition) is 1. The third kappa shape index (κ3) is 5.44. The third-order valence-corrected chi connectivity index (χ3v) is 4.80. The fourth-order valence-corrected chi connectivity index (χ4v) is 2.97. The van der Waals surface area contributed by atoms with Gasteiger partial charge in [-0.2, -0.15) is 0 Å². The number of nitrogens with zero attached hydrogens (tertiary/aromatic N) is 2. The second-order valence-electron chi connectivity index (χ2n) is 6.38. The highest BCUT2D eigenvalue weighted by Crippen LogP contribution is 2.17. The molecule has 0 radical (unpaired) electrons. The molecule has 1 heterocycles. The molecule has 146 valence electrons. The molecule has 2 rings (SSSR count). The van der Waals surface area contributed by atoms with Crippen LogP contribution in [-0.2, 0) is 18.3 Å². The lowest BCUT2D eigenvalue weighted by Gasteiger charge is -2.18. The van der Waals surface area contributed by atoms with E-state index in [4.69, 9.17) is 4.74 Å². The van der Waals surface area contributed by atoms with Crippen molar-refractivity contribution in [1.82, 2.24) is 14.8 Å². The summed E-state index contributed by atoms with van der Waals surface area (Å²) in [5, 5.41) is 2.95. The summed E-state index contributed by atoms with van der Waals surface area (Å²) in [6.07, 6.45) is 0.255. The van der Waals surface area contributed by atoms with Gasteiger partial charge in [-0.25, -0.2) is 0 Å². The molecular weight excluding hydrogens is 342 g/mol. The minimum absolute atomic E-state index is 0.0354. The summed E-state index contributed by atoms with van der Waals surface area (Å²) in [4.78, 5) is 27.2. The molecule has 1 N–H and O–H groups in total. The van der Waals surface area contributed by atoms with E-state index >= 15 is 0 Å². The summed E-state index contributed by atoms with van der Waals surface area (Å²) < 4.78 is 6.91. The summed E-state index contributed by atoms with van der Waals surface area (Å²) in [6.45, 7) is 7.63. The molecule has 0 fully saturated rings. The average molecular weight is 371 g/mol. The van der Waals surface area contributed by atoms with E-state index in [1.54, 1.807) is 42.0 Å². The number of aromatic nitrogens is 1. The van der Waals surface area contributed by atoms with Crippen LogP contribution in [0.25, 0.3) is 0 Å². The predicted octanol–water partition coefficient (Wildman–Crippen LogP) is 2.27. The van der Waals surface area contributed by atoms with Crippen LogP contribution in [0.1, 0.15) is 35.6 Å². The standard InChI is InChI=1S/C21H29N3O3/c1-5-24(6-2)14-13-22-20(25)15-17-9-12-19(23(17)3)21(26)16-7-10-18(27-4)11-8-16/h7-12H,5-6,13-15H2,1-4H3,(H,22,25). The Labute approximate surface area is 161 Å². The van der Waals surface area contributed by atoms with Gasteiger partial charge < -0.3 is 19.5 Å². The van der Waals surface area contributed by atoms with Crippen LogP contribution in [0.4, 0.5) is 0 Å². The van der Waals surface area contributed by atoms with Gasteiger partial charge in [-0.3, -0.25) is 9.59 Å². The molecule has 0 aliphatic carbocycles. The van der Waals surface area contributed by atoms with Gasteiger partial charge in [0.15, 0.2) is 0 Å². The molecule has 0 unspecified atom stereocenters. The van der Waals surface area contributed by atoms with Gasteiger partial charge in [0, 0.05) is 31.4 Å². The molecule has 0 aliphatic heterocycles. The van der Waals surface area contributed by atoms with Crippen molar-refractivity contribution in [3.8, 4) is 5.75 Å². The van der Waals surface area contributed by atoms with E-state index in [2.05, 4.69) is 24.1 Å². The molecule has 6 nitrogen and oxygen atoms in total. The third-order valence-electron chi connectivity index (χ3n) is 4.80. The number of likely N-dealkylation sites (N-methyl/N-ethyl adjacent to an activating group) is 1. The lowest BCUT2D eigenvalue weighted by Crippen LogP contribution is -2.35. The van der Waals surface area contributed by atoms with Crippen LogP contribution in [-0.4, -0.2) is 54.4 Å². The average Bonchev–Trinajstić information content (AvgIpc) is 3.05. The van der Waals surface area contributed by atoms with Gasteiger partial charge in [0.1, 0.15) is 5.75 Å². The van der Waals surface area contributed by atoms with E-state index in [-0.39, 0.29) is 18.1 Å². The zero-order valence-electron chi connectivity index (χ0n) is 16.6. The molecule has 0 saturated carbocycles. The van der Waals surface area contributed by atoms with E-state index < -0.39 is 0 Å². The van der Waals surface area contributed by atoms with Gasteiger partial charge in [-0.05, 0) is 49.5 Å². The number of hydrogen-bond acceptors (Lipinski definition) is 4. The Morgan fingerprint density at radius 1 is 1.07 bits per heavy atom. The number of ketones is 1. The molecule has 0 spiro atoms. The molecule has 0 atom stereocenters. The lowest BCUT2D eigenvalue weighted by atomic mass is 10.1. The molecule has 0 saturated heterocycles. The Morgan fingerprint density at radius 3 is 2.33 bits per heavy atom. The van der Waals surface area contributed by atoms with Crippen molar-refractivity contribution in [2.75, 3.05) is 33.3 Å². The Balaban J connectivity index is 1.97. The smallest absolute Gasteiger partial charge is 0.225 e. The van der Waals surface area contributed by atoms with Crippen molar-refractivity contribution >= 4 is 11.7 Å². The zero-order valence-corrected chi connectivity index (χ0v) is 16.6. The van der Waals surface area contributed by atoms with Crippen LogP contribution >= 0.6 is 0 Å². The van der Waals surface area contributed by atoms with E-state index in [0.29, 0.717) is 23.6 Å². The minimum atomic E-state index is -0.0756. The van der Waals surface area contributed by atoms with Crippen molar-refractivity contribution in [3.63, 3.8) is 0 Å². The highest BCUT2D eigenvalue weighted by molar-refractivity contribution is 6.08. The van der Waals surface area contributed by atoms with Crippen LogP contribution in [0.5, 0.6) is 5.75 Å². The number of nitrogens with one attached hydrogen (secondary N) is 1. The van der Waals surface area contributed by atoms with E-state index in [1.165, 1.54) is 0 Å². The molecule has 6 heteroatoms. The van der Waals surface area contributed by atoms with Crippen molar-refractivity contribution < 1.29 is 14.3 Å².